The molecule has 0 radical (unpaired) electrons. The number of halogens is 4. The van der Waals surface area contributed by atoms with Crippen LogP contribution in [0.4, 0.5) is 5.82 Å². The molecule has 1 N–H and O–H groups in total. The van der Waals surface area contributed by atoms with E-state index < -0.39 is 0 Å². The summed E-state index contributed by atoms with van der Waals surface area (Å²) in [6.07, 6.45) is 1.77. The molecule has 6 nitrogen and oxygen atoms in total. The highest BCUT2D eigenvalue weighted by Gasteiger charge is 2.20. The highest BCUT2D eigenvalue weighted by atomic mass is 79.9. The molecule has 2 aromatic heterocycles. The first kappa shape index (κ1) is 19.4. The van der Waals surface area contributed by atoms with Gasteiger partial charge >= 0.3 is 0 Å². The summed E-state index contributed by atoms with van der Waals surface area (Å²) in [6.45, 7) is 2.35. The fraction of sp³-hybridized carbons (Fsp3) is 0.188. The van der Waals surface area contributed by atoms with E-state index in [-0.39, 0.29) is 5.91 Å². The molecule has 26 heavy (non-hydrogen) atoms. The minimum atomic E-state index is -0.346. The average molecular weight is 522 g/mol. The predicted molar refractivity (Wildman–Crippen MR) is 109 cm³/mol. The molecule has 1 amide bonds. The molecule has 0 fully saturated rings. The van der Waals surface area contributed by atoms with Gasteiger partial charge < -0.3 is 5.32 Å². The monoisotopic (exact) mass is 519 g/mol. The minimum absolute atomic E-state index is 0.302. The molecule has 0 spiro atoms. The van der Waals surface area contributed by atoms with Crippen LogP contribution in [-0.4, -0.2) is 25.5 Å². The summed E-state index contributed by atoms with van der Waals surface area (Å²) in [7, 11) is 1.78. The van der Waals surface area contributed by atoms with Crippen LogP contribution in [0, 0.1) is 6.92 Å². The predicted octanol–water partition coefficient (Wildman–Crippen LogP) is 5.06. The molecule has 0 aliphatic rings. The van der Waals surface area contributed by atoms with Crippen LogP contribution < -0.4 is 5.32 Å². The molecule has 0 atom stereocenters. The number of anilines is 1. The lowest BCUT2D eigenvalue weighted by molar-refractivity contribution is 0.102. The average Bonchev–Trinajstić information content (AvgIpc) is 3.05. The van der Waals surface area contributed by atoms with Crippen LogP contribution in [0.15, 0.2) is 33.3 Å². The van der Waals surface area contributed by atoms with Crippen LogP contribution in [0.3, 0.4) is 0 Å². The second-order valence-electron chi connectivity index (χ2n) is 5.60. The van der Waals surface area contributed by atoms with Gasteiger partial charge in [-0.1, -0.05) is 29.3 Å². The van der Waals surface area contributed by atoms with Gasteiger partial charge in [-0.25, -0.2) is 0 Å². The maximum absolute atomic E-state index is 12.5. The zero-order chi connectivity index (χ0) is 19.0. The maximum Gasteiger partial charge on any atom is 0.278 e. The number of aryl methyl sites for hydroxylation is 1. The number of nitrogens with zero attached hydrogens (tertiary/aromatic N) is 4. The first-order valence-corrected chi connectivity index (χ1v) is 9.77. The van der Waals surface area contributed by atoms with Crippen molar-refractivity contribution >= 4 is 66.8 Å². The van der Waals surface area contributed by atoms with Crippen molar-refractivity contribution in [3.05, 3.63) is 60.3 Å². The van der Waals surface area contributed by atoms with E-state index in [0.29, 0.717) is 37.0 Å². The smallest absolute Gasteiger partial charge is 0.278 e. The van der Waals surface area contributed by atoms with E-state index in [2.05, 4.69) is 47.4 Å². The molecule has 0 saturated carbocycles. The van der Waals surface area contributed by atoms with Crippen molar-refractivity contribution in [2.75, 3.05) is 5.32 Å². The lowest BCUT2D eigenvalue weighted by Gasteiger charge is -2.04. The van der Waals surface area contributed by atoms with Gasteiger partial charge in [-0.2, -0.15) is 10.2 Å². The standard InChI is InChI=1S/C16H13Br2Cl2N5O/c1-8-13(18)14(22-24(8)2)16(26)21-15-10(17)7-25(23-15)6-9-3-4-11(19)12(20)5-9/h3-5,7H,6H2,1-2H3,(H,21,23,26). The highest BCUT2D eigenvalue weighted by Crippen LogP contribution is 2.26. The summed E-state index contributed by atoms with van der Waals surface area (Å²) in [5.74, 6) is 0.0614. The summed E-state index contributed by atoms with van der Waals surface area (Å²) in [6, 6.07) is 5.39. The molecule has 1 aromatic carbocycles. The molecule has 3 rings (SSSR count). The number of benzene rings is 1. The van der Waals surface area contributed by atoms with Crippen LogP contribution in [0.25, 0.3) is 0 Å². The van der Waals surface area contributed by atoms with E-state index in [1.54, 1.807) is 34.7 Å². The molecule has 10 heteroatoms. The zero-order valence-electron chi connectivity index (χ0n) is 13.7. The summed E-state index contributed by atoms with van der Waals surface area (Å²) in [4.78, 5) is 12.5. The van der Waals surface area contributed by atoms with Crippen LogP contribution in [0.1, 0.15) is 21.7 Å². The summed E-state index contributed by atoms with van der Waals surface area (Å²) in [5.41, 5.74) is 2.10. The number of carbonyl (C=O) groups excluding carboxylic acids is 1. The Morgan fingerprint density at radius 2 is 1.96 bits per heavy atom. The molecular weight excluding hydrogens is 509 g/mol. The molecule has 0 aliphatic carbocycles. The third-order valence-corrected chi connectivity index (χ3v) is 6.02. The van der Waals surface area contributed by atoms with Gasteiger partial charge in [0.15, 0.2) is 11.5 Å². The number of amides is 1. The van der Waals surface area contributed by atoms with Crippen molar-refractivity contribution in [2.24, 2.45) is 7.05 Å². The Kier molecular flexibility index (Phi) is 5.76. The minimum Gasteiger partial charge on any atom is -0.303 e. The van der Waals surface area contributed by atoms with Crippen molar-refractivity contribution in [1.82, 2.24) is 19.6 Å². The normalized spacial score (nSPS) is 11.0. The molecule has 0 bridgehead atoms. The third-order valence-electron chi connectivity index (χ3n) is 3.75. The van der Waals surface area contributed by atoms with E-state index in [0.717, 1.165) is 11.3 Å². The van der Waals surface area contributed by atoms with Gasteiger partial charge in [-0.3, -0.25) is 14.2 Å². The van der Waals surface area contributed by atoms with Crippen molar-refractivity contribution < 1.29 is 4.79 Å². The van der Waals surface area contributed by atoms with E-state index in [9.17, 15) is 4.79 Å². The Morgan fingerprint density at radius 1 is 1.23 bits per heavy atom. The summed E-state index contributed by atoms with van der Waals surface area (Å²) in [5, 5.41) is 12.4. The molecular formula is C16H13Br2Cl2N5O. The number of rotatable bonds is 4. The molecule has 2 heterocycles. The first-order valence-electron chi connectivity index (χ1n) is 7.43. The van der Waals surface area contributed by atoms with Gasteiger partial charge in [0.1, 0.15) is 0 Å². The number of carbonyl (C=O) groups is 1. The number of hydrogen-bond acceptors (Lipinski definition) is 3. The quantitative estimate of drug-likeness (QED) is 0.522. The summed E-state index contributed by atoms with van der Waals surface area (Å²) < 4.78 is 4.65. The van der Waals surface area contributed by atoms with Gasteiger partial charge in [0.2, 0.25) is 0 Å². The second-order valence-corrected chi connectivity index (χ2v) is 8.06. The van der Waals surface area contributed by atoms with Crippen LogP contribution in [0.2, 0.25) is 10.0 Å². The second kappa shape index (κ2) is 7.72. The summed E-state index contributed by atoms with van der Waals surface area (Å²) >= 11 is 18.8. The van der Waals surface area contributed by atoms with Crippen molar-refractivity contribution in [3.63, 3.8) is 0 Å². The van der Waals surface area contributed by atoms with Gasteiger partial charge in [0.05, 0.1) is 31.2 Å². The lowest BCUT2D eigenvalue weighted by Crippen LogP contribution is -2.14. The Labute approximate surface area is 176 Å². The molecule has 136 valence electrons. The van der Waals surface area contributed by atoms with Gasteiger partial charge in [0.25, 0.3) is 5.91 Å². The largest absolute Gasteiger partial charge is 0.303 e. The van der Waals surface area contributed by atoms with E-state index in [1.165, 1.54) is 0 Å². The molecule has 0 saturated heterocycles. The van der Waals surface area contributed by atoms with Gasteiger partial charge in [0, 0.05) is 13.2 Å². The lowest BCUT2D eigenvalue weighted by atomic mass is 10.2. The van der Waals surface area contributed by atoms with E-state index >= 15 is 0 Å². The zero-order valence-corrected chi connectivity index (χ0v) is 18.4. The Morgan fingerprint density at radius 3 is 2.58 bits per heavy atom. The number of nitrogens with one attached hydrogen (secondary N) is 1. The van der Waals surface area contributed by atoms with E-state index in [4.69, 9.17) is 23.2 Å². The molecule has 0 aliphatic heterocycles. The maximum atomic E-state index is 12.5. The topological polar surface area (TPSA) is 64.7 Å². The van der Waals surface area contributed by atoms with Crippen molar-refractivity contribution in [1.29, 1.82) is 0 Å². The molecule has 0 unspecified atom stereocenters. The van der Waals surface area contributed by atoms with Gasteiger partial charge in [-0.15, -0.1) is 0 Å². The number of hydrogen-bond donors (Lipinski definition) is 1. The van der Waals surface area contributed by atoms with Crippen LogP contribution in [-0.2, 0) is 13.6 Å². The Hall–Kier alpha value is -1.35. The Bertz CT molecular complexity index is 999. The van der Waals surface area contributed by atoms with Crippen molar-refractivity contribution in [3.8, 4) is 0 Å². The van der Waals surface area contributed by atoms with Crippen molar-refractivity contribution in [2.45, 2.75) is 13.5 Å². The van der Waals surface area contributed by atoms with Crippen LogP contribution >= 0.6 is 55.1 Å². The fourth-order valence-electron chi connectivity index (χ4n) is 2.28. The highest BCUT2D eigenvalue weighted by molar-refractivity contribution is 9.11. The Balaban J connectivity index is 1.78. The number of aromatic nitrogens is 4. The van der Waals surface area contributed by atoms with E-state index in [1.807, 2.05) is 13.0 Å². The third kappa shape index (κ3) is 3.98. The first-order chi connectivity index (χ1) is 12.3. The SMILES string of the molecule is Cc1c(Br)c(C(=O)Nc2nn(Cc3ccc(Cl)c(Cl)c3)cc2Br)nn1C. The fourth-order valence-corrected chi connectivity index (χ4v) is 3.53. The van der Waals surface area contributed by atoms with Gasteiger partial charge in [-0.05, 0) is 56.5 Å². The van der Waals surface area contributed by atoms with Crippen LogP contribution in [0.5, 0.6) is 0 Å². The molecule has 3 aromatic rings.